The molecule has 2 fully saturated rings. The van der Waals surface area contributed by atoms with E-state index >= 15 is 0 Å². The van der Waals surface area contributed by atoms with Crippen molar-refractivity contribution in [1.82, 2.24) is 15.5 Å². The molecule has 2 saturated heterocycles. The fourth-order valence-electron chi connectivity index (χ4n) is 2.89. The summed E-state index contributed by atoms with van der Waals surface area (Å²) >= 11 is 0. The average Bonchev–Trinajstić information content (AvgIpc) is 2.57. The third-order valence-electron chi connectivity index (χ3n) is 4.23. The molecule has 6 heteroatoms. The van der Waals surface area contributed by atoms with Gasteiger partial charge in [-0.05, 0) is 24.1 Å². The molecule has 22 heavy (non-hydrogen) atoms. The second kappa shape index (κ2) is 6.89. The van der Waals surface area contributed by atoms with Gasteiger partial charge in [-0.2, -0.15) is 0 Å². The number of hydrogen-bond acceptors (Lipinski definition) is 4. The molecule has 0 atom stereocenters. The summed E-state index contributed by atoms with van der Waals surface area (Å²) in [6.07, 6.45) is 1.01. The maximum Gasteiger partial charge on any atom is 0.316 e. The van der Waals surface area contributed by atoms with Crippen molar-refractivity contribution in [1.29, 1.82) is 0 Å². The first-order valence-corrected chi connectivity index (χ1v) is 7.86. The SMILES string of the molecule is O=C1NCCN(c2ccc(CCN3CCNCC3)cc2)C1=O. The van der Waals surface area contributed by atoms with Crippen LogP contribution >= 0.6 is 0 Å². The van der Waals surface area contributed by atoms with Crippen LogP contribution in [0.1, 0.15) is 5.56 Å². The van der Waals surface area contributed by atoms with Crippen LogP contribution in [0.2, 0.25) is 0 Å². The van der Waals surface area contributed by atoms with Gasteiger partial charge >= 0.3 is 11.8 Å². The normalized spacial score (nSPS) is 20.1. The van der Waals surface area contributed by atoms with Crippen LogP contribution in [0.5, 0.6) is 0 Å². The van der Waals surface area contributed by atoms with Gasteiger partial charge in [0.2, 0.25) is 0 Å². The minimum atomic E-state index is -0.519. The molecule has 0 unspecified atom stereocenters. The highest BCUT2D eigenvalue weighted by Crippen LogP contribution is 2.17. The zero-order valence-corrected chi connectivity index (χ0v) is 12.7. The molecule has 0 bridgehead atoms. The van der Waals surface area contributed by atoms with Crippen LogP contribution in [0.3, 0.4) is 0 Å². The van der Waals surface area contributed by atoms with E-state index in [0.717, 1.165) is 44.8 Å². The molecule has 6 nitrogen and oxygen atoms in total. The monoisotopic (exact) mass is 302 g/mol. The van der Waals surface area contributed by atoms with E-state index in [1.807, 2.05) is 12.1 Å². The van der Waals surface area contributed by atoms with E-state index in [4.69, 9.17) is 0 Å². The summed E-state index contributed by atoms with van der Waals surface area (Å²) in [5, 5.41) is 5.91. The number of piperazine rings is 2. The standard InChI is InChI=1S/C16H22N4O2/c21-15-16(22)20(12-8-18-15)14-3-1-13(2-4-14)5-9-19-10-6-17-7-11-19/h1-4,17H,5-12H2,(H,18,21). The van der Waals surface area contributed by atoms with E-state index in [9.17, 15) is 9.59 Å². The molecule has 0 saturated carbocycles. The third-order valence-corrected chi connectivity index (χ3v) is 4.23. The second-order valence-corrected chi connectivity index (χ2v) is 5.72. The number of amides is 2. The maximum atomic E-state index is 11.8. The number of benzene rings is 1. The number of carbonyl (C=O) groups excluding carboxylic acids is 2. The van der Waals surface area contributed by atoms with Gasteiger partial charge < -0.3 is 20.4 Å². The molecule has 2 aliphatic rings. The Morgan fingerprint density at radius 3 is 2.41 bits per heavy atom. The number of nitrogens with zero attached hydrogens (tertiary/aromatic N) is 2. The first kappa shape index (κ1) is 15.0. The Bertz CT molecular complexity index is 538. The molecular weight excluding hydrogens is 280 g/mol. The molecular formula is C16H22N4O2. The van der Waals surface area contributed by atoms with Crippen molar-refractivity contribution in [2.45, 2.75) is 6.42 Å². The summed E-state index contributed by atoms with van der Waals surface area (Å²) in [7, 11) is 0. The van der Waals surface area contributed by atoms with Gasteiger partial charge in [0.1, 0.15) is 0 Å². The minimum Gasteiger partial charge on any atom is -0.346 e. The molecule has 3 rings (SSSR count). The number of rotatable bonds is 4. The lowest BCUT2D eigenvalue weighted by Gasteiger charge is -2.27. The zero-order valence-electron chi connectivity index (χ0n) is 12.7. The van der Waals surface area contributed by atoms with Crippen LogP contribution in [-0.4, -0.2) is 62.5 Å². The van der Waals surface area contributed by atoms with Gasteiger partial charge in [-0.15, -0.1) is 0 Å². The van der Waals surface area contributed by atoms with Crippen molar-refractivity contribution < 1.29 is 9.59 Å². The Kier molecular flexibility index (Phi) is 4.70. The Morgan fingerprint density at radius 2 is 1.68 bits per heavy atom. The van der Waals surface area contributed by atoms with E-state index in [2.05, 4.69) is 27.7 Å². The molecule has 1 aromatic carbocycles. The van der Waals surface area contributed by atoms with Crippen molar-refractivity contribution in [2.75, 3.05) is 50.7 Å². The van der Waals surface area contributed by atoms with Gasteiger partial charge in [0, 0.05) is 51.5 Å². The highest BCUT2D eigenvalue weighted by Gasteiger charge is 2.26. The first-order valence-electron chi connectivity index (χ1n) is 7.86. The van der Waals surface area contributed by atoms with Gasteiger partial charge in [-0.25, -0.2) is 0 Å². The quantitative estimate of drug-likeness (QED) is 0.743. The largest absolute Gasteiger partial charge is 0.346 e. The summed E-state index contributed by atoms with van der Waals surface area (Å²) in [6, 6.07) is 7.97. The molecule has 118 valence electrons. The minimum absolute atomic E-state index is 0.472. The van der Waals surface area contributed by atoms with E-state index < -0.39 is 11.8 Å². The molecule has 2 N–H and O–H groups in total. The molecule has 1 aromatic rings. The van der Waals surface area contributed by atoms with Crippen LogP contribution in [0.4, 0.5) is 5.69 Å². The lowest BCUT2D eigenvalue weighted by Crippen LogP contribution is -2.52. The van der Waals surface area contributed by atoms with Crippen LogP contribution < -0.4 is 15.5 Å². The molecule has 0 spiro atoms. The Hall–Kier alpha value is -1.92. The summed E-state index contributed by atoms with van der Waals surface area (Å²) in [5.74, 6) is -0.992. The van der Waals surface area contributed by atoms with Crippen LogP contribution in [0.15, 0.2) is 24.3 Å². The van der Waals surface area contributed by atoms with Crippen molar-refractivity contribution in [2.24, 2.45) is 0 Å². The predicted octanol–water partition coefficient (Wildman–Crippen LogP) is -0.403. The molecule has 2 amide bonds. The fraction of sp³-hybridized carbons (Fsp3) is 0.500. The fourth-order valence-corrected chi connectivity index (χ4v) is 2.89. The molecule has 0 aliphatic carbocycles. The maximum absolute atomic E-state index is 11.8. The van der Waals surface area contributed by atoms with Crippen LogP contribution in [0.25, 0.3) is 0 Å². The summed E-state index contributed by atoms with van der Waals surface area (Å²) in [6.45, 7) is 6.45. The van der Waals surface area contributed by atoms with Gasteiger partial charge in [0.25, 0.3) is 0 Å². The number of nitrogens with one attached hydrogen (secondary N) is 2. The second-order valence-electron chi connectivity index (χ2n) is 5.72. The van der Waals surface area contributed by atoms with Crippen LogP contribution in [0, 0.1) is 0 Å². The van der Waals surface area contributed by atoms with E-state index in [-0.39, 0.29) is 0 Å². The molecule has 2 heterocycles. The number of carbonyl (C=O) groups is 2. The smallest absolute Gasteiger partial charge is 0.316 e. The van der Waals surface area contributed by atoms with Gasteiger partial charge in [0.05, 0.1) is 0 Å². The zero-order chi connectivity index (χ0) is 15.4. The van der Waals surface area contributed by atoms with E-state index in [0.29, 0.717) is 13.1 Å². The van der Waals surface area contributed by atoms with E-state index in [1.165, 1.54) is 5.56 Å². The average molecular weight is 302 g/mol. The summed E-state index contributed by atoms with van der Waals surface area (Å²) < 4.78 is 0. The Balaban J connectivity index is 1.57. The summed E-state index contributed by atoms with van der Waals surface area (Å²) in [4.78, 5) is 27.3. The van der Waals surface area contributed by atoms with Gasteiger partial charge in [-0.3, -0.25) is 9.59 Å². The highest BCUT2D eigenvalue weighted by atomic mass is 16.2. The van der Waals surface area contributed by atoms with E-state index in [1.54, 1.807) is 4.90 Å². The first-order chi connectivity index (χ1) is 10.7. The number of anilines is 1. The predicted molar refractivity (Wildman–Crippen MR) is 84.8 cm³/mol. The highest BCUT2D eigenvalue weighted by molar-refractivity contribution is 6.41. The Morgan fingerprint density at radius 1 is 0.955 bits per heavy atom. The van der Waals surface area contributed by atoms with Crippen molar-refractivity contribution >= 4 is 17.5 Å². The third kappa shape index (κ3) is 3.45. The molecule has 0 radical (unpaired) electrons. The van der Waals surface area contributed by atoms with Crippen molar-refractivity contribution in [3.63, 3.8) is 0 Å². The van der Waals surface area contributed by atoms with Crippen molar-refractivity contribution in [3.8, 4) is 0 Å². The lowest BCUT2D eigenvalue weighted by atomic mass is 10.1. The molecule has 2 aliphatic heterocycles. The van der Waals surface area contributed by atoms with Crippen LogP contribution in [-0.2, 0) is 16.0 Å². The lowest BCUT2D eigenvalue weighted by molar-refractivity contribution is -0.138. The van der Waals surface area contributed by atoms with Gasteiger partial charge in [-0.1, -0.05) is 12.1 Å². The van der Waals surface area contributed by atoms with Gasteiger partial charge in [0.15, 0.2) is 0 Å². The molecule has 0 aromatic heterocycles. The Labute approximate surface area is 130 Å². The topological polar surface area (TPSA) is 64.7 Å². The number of hydrogen-bond donors (Lipinski definition) is 2. The van der Waals surface area contributed by atoms with Crippen molar-refractivity contribution in [3.05, 3.63) is 29.8 Å². The summed E-state index contributed by atoms with van der Waals surface area (Å²) in [5.41, 5.74) is 2.06.